The van der Waals surface area contributed by atoms with Gasteiger partial charge >= 0.3 is 0 Å². The third-order valence-electron chi connectivity index (χ3n) is 6.28. The third kappa shape index (κ3) is 2.96. The summed E-state index contributed by atoms with van der Waals surface area (Å²) in [6.07, 6.45) is 10.1. The molecule has 0 amide bonds. The maximum Gasteiger partial charge on any atom is 0.0236 e. The van der Waals surface area contributed by atoms with Gasteiger partial charge in [0.25, 0.3) is 0 Å². The summed E-state index contributed by atoms with van der Waals surface area (Å²) >= 11 is 0. The van der Waals surface area contributed by atoms with Crippen molar-refractivity contribution in [1.82, 2.24) is 9.80 Å². The molecule has 120 valence electrons. The topological polar surface area (TPSA) is 6.48 Å². The monoisotopic (exact) mass is 298 g/mol. The predicted octanol–water partition coefficient (Wildman–Crippen LogP) is 3.92. The summed E-state index contributed by atoms with van der Waals surface area (Å²) in [5.74, 6) is 0.935. The van der Waals surface area contributed by atoms with Crippen molar-refractivity contribution < 1.29 is 0 Å². The first-order valence-corrected chi connectivity index (χ1v) is 9.44. The van der Waals surface area contributed by atoms with Crippen LogP contribution in [0.4, 0.5) is 0 Å². The number of hydrogen-bond acceptors (Lipinski definition) is 2. The minimum absolute atomic E-state index is 0.841. The predicted molar refractivity (Wildman–Crippen MR) is 91.8 cm³/mol. The summed E-state index contributed by atoms with van der Waals surface area (Å²) in [6.45, 7) is 5.21. The largest absolute Gasteiger partial charge is 0.300 e. The standard InChI is InChI=1S/C20H30N2/c1-2-8-17(9-3-1)16-22-15-7-10-18-19(11-6-12-20(18)22)21-13-4-5-14-21/h1-3,8-9,18-20H,4-7,10-16H2/t18-,19+,20+/m1/s1. The van der Waals surface area contributed by atoms with Crippen molar-refractivity contribution in [2.75, 3.05) is 19.6 Å². The van der Waals surface area contributed by atoms with Crippen molar-refractivity contribution in [2.45, 2.75) is 63.6 Å². The van der Waals surface area contributed by atoms with E-state index in [9.17, 15) is 0 Å². The van der Waals surface area contributed by atoms with E-state index in [1.807, 2.05) is 0 Å². The molecule has 3 atom stereocenters. The van der Waals surface area contributed by atoms with Crippen molar-refractivity contribution in [3.8, 4) is 0 Å². The molecule has 0 radical (unpaired) electrons. The Morgan fingerprint density at radius 2 is 1.55 bits per heavy atom. The minimum atomic E-state index is 0.841. The first-order chi connectivity index (χ1) is 10.9. The molecule has 1 saturated carbocycles. The van der Waals surface area contributed by atoms with Crippen LogP contribution < -0.4 is 0 Å². The second-order valence-electron chi connectivity index (χ2n) is 7.57. The highest BCUT2D eigenvalue weighted by atomic mass is 15.2. The van der Waals surface area contributed by atoms with Gasteiger partial charge in [-0.25, -0.2) is 0 Å². The normalized spacial score (nSPS) is 33.7. The van der Waals surface area contributed by atoms with Crippen LogP contribution in [0.5, 0.6) is 0 Å². The van der Waals surface area contributed by atoms with Gasteiger partial charge in [0.1, 0.15) is 0 Å². The maximum absolute atomic E-state index is 2.84. The Kier molecular flexibility index (Phi) is 4.49. The van der Waals surface area contributed by atoms with E-state index in [1.165, 1.54) is 70.1 Å². The van der Waals surface area contributed by atoms with E-state index in [-0.39, 0.29) is 0 Å². The summed E-state index contributed by atoms with van der Waals surface area (Å²) in [6, 6.07) is 12.8. The summed E-state index contributed by atoms with van der Waals surface area (Å²) in [7, 11) is 0. The van der Waals surface area contributed by atoms with Gasteiger partial charge in [0.05, 0.1) is 0 Å². The highest BCUT2D eigenvalue weighted by molar-refractivity contribution is 5.15. The average Bonchev–Trinajstić information content (AvgIpc) is 3.10. The lowest BCUT2D eigenvalue weighted by Gasteiger charge is -2.50. The second kappa shape index (κ2) is 6.72. The van der Waals surface area contributed by atoms with E-state index >= 15 is 0 Å². The third-order valence-corrected chi connectivity index (χ3v) is 6.28. The van der Waals surface area contributed by atoms with Crippen molar-refractivity contribution in [3.63, 3.8) is 0 Å². The first-order valence-electron chi connectivity index (χ1n) is 9.44. The zero-order valence-electron chi connectivity index (χ0n) is 13.8. The first kappa shape index (κ1) is 14.7. The number of hydrogen-bond donors (Lipinski definition) is 0. The molecule has 4 rings (SSSR count). The second-order valence-corrected chi connectivity index (χ2v) is 7.57. The van der Waals surface area contributed by atoms with Crippen molar-refractivity contribution in [3.05, 3.63) is 35.9 Å². The van der Waals surface area contributed by atoms with Crippen LogP contribution in [-0.4, -0.2) is 41.5 Å². The molecular weight excluding hydrogens is 268 g/mol. The number of fused-ring (bicyclic) bond motifs is 1. The molecule has 2 aliphatic heterocycles. The van der Waals surface area contributed by atoms with Gasteiger partial charge in [-0.3, -0.25) is 4.90 Å². The molecule has 3 aliphatic rings. The molecule has 2 saturated heterocycles. The zero-order valence-corrected chi connectivity index (χ0v) is 13.8. The van der Waals surface area contributed by atoms with Gasteiger partial charge in [0.15, 0.2) is 0 Å². The molecule has 0 spiro atoms. The molecular formula is C20H30N2. The molecule has 3 fully saturated rings. The van der Waals surface area contributed by atoms with E-state index in [1.54, 1.807) is 0 Å². The number of nitrogens with zero attached hydrogens (tertiary/aromatic N) is 2. The minimum Gasteiger partial charge on any atom is -0.300 e. The highest BCUT2D eigenvalue weighted by Crippen LogP contribution is 2.39. The lowest BCUT2D eigenvalue weighted by atomic mass is 9.74. The number of piperidine rings is 1. The molecule has 2 heterocycles. The van der Waals surface area contributed by atoms with E-state index in [2.05, 4.69) is 40.1 Å². The molecule has 22 heavy (non-hydrogen) atoms. The van der Waals surface area contributed by atoms with Crippen LogP contribution in [0.25, 0.3) is 0 Å². The van der Waals surface area contributed by atoms with Gasteiger partial charge in [-0.1, -0.05) is 36.8 Å². The van der Waals surface area contributed by atoms with Crippen LogP contribution in [0.1, 0.15) is 50.5 Å². The molecule has 1 aromatic rings. The summed E-state index contributed by atoms with van der Waals surface area (Å²) in [4.78, 5) is 5.65. The van der Waals surface area contributed by atoms with Gasteiger partial charge in [0, 0.05) is 18.6 Å². The van der Waals surface area contributed by atoms with Gasteiger partial charge in [-0.2, -0.15) is 0 Å². The van der Waals surface area contributed by atoms with E-state index in [4.69, 9.17) is 0 Å². The Morgan fingerprint density at radius 1 is 0.773 bits per heavy atom. The van der Waals surface area contributed by atoms with Gasteiger partial charge in [0.2, 0.25) is 0 Å². The molecule has 2 heteroatoms. The van der Waals surface area contributed by atoms with E-state index in [0.29, 0.717) is 0 Å². The van der Waals surface area contributed by atoms with E-state index < -0.39 is 0 Å². The SMILES string of the molecule is c1ccc(CN2CCC[C@@H]3[C@@H](N4CCCC4)CCC[C@@H]32)cc1. The Labute approximate surface area is 135 Å². The summed E-state index contributed by atoms with van der Waals surface area (Å²) in [5, 5.41) is 0. The molecule has 1 aliphatic carbocycles. The fourth-order valence-corrected chi connectivity index (χ4v) is 5.30. The molecule has 0 N–H and O–H groups in total. The van der Waals surface area contributed by atoms with Crippen LogP contribution in [0.2, 0.25) is 0 Å². The van der Waals surface area contributed by atoms with Crippen molar-refractivity contribution >= 4 is 0 Å². The Morgan fingerprint density at radius 3 is 2.36 bits per heavy atom. The van der Waals surface area contributed by atoms with Gasteiger partial charge in [-0.15, -0.1) is 0 Å². The van der Waals surface area contributed by atoms with Crippen LogP contribution in [0, 0.1) is 5.92 Å². The quantitative estimate of drug-likeness (QED) is 0.834. The van der Waals surface area contributed by atoms with E-state index in [0.717, 1.165) is 24.5 Å². The fraction of sp³-hybridized carbons (Fsp3) is 0.700. The molecule has 0 aromatic heterocycles. The highest BCUT2D eigenvalue weighted by Gasteiger charge is 2.41. The molecule has 1 aromatic carbocycles. The summed E-state index contributed by atoms with van der Waals surface area (Å²) in [5.41, 5.74) is 1.49. The number of rotatable bonds is 3. The lowest BCUT2D eigenvalue weighted by molar-refractivity contribution is -0.00108. The van der Waals surface area contributed by atoms with Gasteiger partial charge in [-0.05, 0) is 69.6 Å². The Hall–Kier alpha value is -0.860. The Bertz CT molecular complexity index is 466. The molecule has 2 nitrogen and oxygen atoms in total. The lowest BCUT2D eigenvalue weighted by Crippen LogP contribution is -2.55. The fourth-order valence-electron chi connectivity index (χ4n) is 5.30. The zero-order chi connectivity index (χ0) is 14.8. The Balaban J connectivity index is 1.48. The van der Waals surface area contributed by atoms with Crippen LogP contribution in [0.3, 0.4) is 0 Å². The molecule has 0 bridgehead atoms. The maximum atomic E-state index is 2.84. The van der Waals surface area contributed by atoms with Crippen molar-refractivity contribution in [2.24, 2.45) is 5.92 Å². The smallest absolute Gasteiger partial charge is 0.0236 e. The van der Waals surface area contributed by atoms with Crippen LogP contribution in [-0.2, 0) is 6.54 Å². The number of likely N-dealkylation sites (tertiary alicyclic amines) is 2. The van der Waals surface area contributed by atoms with Crippen LogP contribution in [0.15, 0.2) is 30.3 Å². The average molecular weight is 298 g/mol. The number of benzene rings is 1. The summed E-state index contributed by atoms with van der Waals surface area (Å²) < 4.78 is 0. The van der Waals surface area contributed by atoms with Crippen LogP contribution >= 0.6 is 0 Å². The van der Waals surface area contributed by atoms with Crippen molar-refractivity contribution in [1.29, 1.82) is 0 Å². The van der Waals surface area contributed by atoms with Gasteiger partial charge < -0.3 is 4.90 Å². The molecule has 0 unspecified atom stereocenters.